The summed E-state index contributed by atoms with van der Waals surface area (Å²) in [7, 11) is 0. The molecule has 0 radical (unpaired) electrons. The maximum atomic E-state index is 12.1. The number of hydrogen-bond acceptors (Lipinski definition) is 4. The molecule has 5 nitrogen and oxygen atoms in total. The lowest BCUT2D eigenvalue weighted by atomic mass is 10.2. The van der Waals surface area contributed by atoms with Crippen LogP contribution in [-0.2, 0) is 6.54 Å². The molecule has 1 aliphatic carbocycles. The van der Waals surface area contributed by atoms with Gasteiger partial charge >= 0.3 is 0 Å². The quantitative estimate of drug-likeness (QED) is 0.890. The summed E-state index contributed by atoms with van der Waals surface area (Å²) in [6.45, 7) is 0.502. The maximum Gasteiger partial charge on any atom is 0.254 e. The number of carbonyl (C=O) groups is 1. The van der Waals surface area contributed by atoms with Gasteiger partial charge in [0.15, 0.2) is 0 Å². The second-order valence-electron chi connectivity index (χ2n) is 5.59. The van der Waals surface area contributed by atoms with E-state index in [0.717, 1.165) is 5.56 Å². The number of nitrogens with zero attached hydrogens (tertiary/aromatic N) is 2. The van der Waals surface area contributed by atoms with Crippen LogP contribution >= 0.6 is 0 Å². The summed E-state index contributed by atoms with van der Waals surface area (Å²) in [6.07, 6.45) is 8.01. The van der Waals surface area contributed by atoms with E-state index in [4.69, 9.17) is 0 Å². The van der Waals surface area contributed by atoms with Gasteiger partial charge in [0.1, 0.15) is 0 Å². The van der Waals surface area contributed by atoms with Crippen molar-refractivity contribution in [3.05, 3.63) is 53.9 Å². The van der Waals surface area contributed by atoms with Crippen LogP contribution in [0.1, 0.15) is 41.6 Å². The fraction of sp³-hybridized carbons (Fsp3) is 0.353. The van der Waals surface area contributed by atoms with Crippen molar-refractivity contribution >= 4 is 11.9 Å². The Hall–Kier alpha value is -2.43. The molecular weight excluding hydrogens is 276 g/mol. The van der Waals surface area contributed by atoms with E-state index in [1.165, 1.54) is 25.7 Å². The van der Waals surface area contributed by atoms with Crippen LogP contribution in [-0.4, -0.2) is 21.9 Å². The van der Waals surface area contributed by atoms with E-state index in [-0.39, 0.29) is 5.91 Å². The molecule has 1 fully saturated rings. The van der Waals surface area contributed by atoms with Gasteiger partial charge in [0, 0.05) is 25.0 Å². The molecule has 2 aromatic rings. The van der Waals surface area contributed by atoms with E-state index >= 15 is 0 Å². The third-order valence-electron chi connectivity index (χ3n) is 3.90. The van der Waals surface area contributed by atoms with E-state index in [2.05, 4.69) is 20.6 Å². The van der Waals surface area contributed by atoms with Gasteiger partial charge in [-0.15, -0.1) is 0 Å². The highest BCUT2D eigenvalue weighted by Crippen LogP contribution is 2.20. The van der Waals surface area contributed by atoms with Crippen molar-refractivity contribution in [2.24, 2.45) is 0 Å². The Labute approximate surface area is 130 Å². The molecule has 1 heterocycles. The molecule has 1 aromatic carbocycles. The molecule has 0 aliphatic heterocycles. The Morgan fingerprint density at radius 3 is 2.45 bits per heavy atom. The van der Waals surface area contributed by atoms with Crippen LogP contribution in [0.15, 0.2) is 42.7 Å². The molecule has 22 heavy (non-hydrogen) atoms. The summed E-state index contributed by atoms with van der Waals surface area (Å²) in [5.74, 6) is 0.447. The second-order valence-corrected chi connectivity index (χ2v) is 5.59. The second kappa shape index (κ2) is 7.02. The number of carbonyl (C=O) groups excluding carboxylic acids is 1. The van der Waals surface area contributed by atoms with Crippen LogP contribution in [0.3, 0.4) is 0 Å². The maximum absolute atomic E-state index is 12.1. The van der Waals surface area contributed by atoms with Crippen LogP contribution in [0.25, 0.3) is 0 Å². The molecule has 114 valence electrons. The molecule has 1 aliphatic rings. The normalized spacial score (nSPS) is 14.7. The molecule has 5 heteroatoms. The largest absolute Gasteiger partial charge is 0.351 e. The minimum absolute atomic E-state index is 0.156. The van der Waals surface area contributed by atoms with Crippen molar-refractivity contribution in [1.82, 2.24) is 15.3 Å². The number of amides is 1. The van der Waals surface area contributed by atoms with Crippen LogP contribution in [0.5, 0.6) is 0 Å². The molecule has 1 saturated carbocycles. The first-order valence-corrected chi connectivity index (χ1v) is 7.72. The van der Waals surface area contributed by atoms with Gasteiger partial charge in [-0.25, -0.2) is 9.97 Å². The van der Waals surface area contributed by atoms with E-state index in [9.17, 15) is 4.79 Å². The Kier molecular flexibility index (Phi) is 4.63. The van der Waals surface area contributed by atoms with Gasteiger partial charge in [-0.3, -0.25) is 4.79 Å². The number of rotatable bonds is 5. The predicted octanol–water partition coefficient (Wildman–Crippen LogP) is 2.76. The molecule has 1 amide bonds. The molecule has 3 rings (SSSR count). The number of anilines is 1. The summed E-state index contributed by atoms with van der Waals surface area (Å²) in [6, 6.07) is 10.3. The van der Waals surface area contributed by atoms with Gasteiger partial charge in [0.05, 0.1) is 5.56 Å². The Bertz CT molecular complexity index is 606. The summed E-state index contributed by atoms with van der Waals surface area (Å²) in [5.41, 5.74) is 1.55. The fourth-order valence-electron chi connectivity index (χ4n) is 2.65. The van der Waals surface area contributed by atoms with Gasteiger partial charge in [-0.1, -0.05) is 43.2 Å². The number of benzene rings is 1. The smallest absolute Gasteiger partial charge is 0.254 e. The predicted molar refractivity (Wildman–Crippen MR) is 85.5 cm³/mol. The van der Waals surface area contributed by atoms with Crippen LogP contribution in [0, 0.1) is 0 Å². The minimum Gasteiger partial charge on any atom is -0.351 e. The van der Waals surface area contributed by atoms with Crippen molar-refractivity contribution in [3.8, 4) is 0 Å². The Morgan fingerprint density at radius 1 is 1.09 bits per heavy atom. The monoisotopic (exact) mass is 296 g/mol. The SMILES string of the molecule is O=C(NCc1ccccc1)c1cnc(NC2CCCC2)nc1. The number of nitrogens with one attached hydrogen (secondary N) is 2. The highest BCUT2D eigenvalue weighted by Gasteiger charge is 2.15. The van der Waals surface area contributed by atoms with Gasteiger partial charge in [-0.05, 0) is 18.4 Å². The molecule has 2 N–H and O–H groups in total. The van der Waals surface area contributed by atoms with Gasteiger partial charge in [0.2, 0.25) is 5.95 Å². The van der Waals surface area contributed by atoms with Crippen LogP contribution in [0.2, 0.25) is 0 Å². The summed E-state index contributed by atoms with van der Waals surface area (Å²) in [5, 5.41) is 6.18. The van der Waals surface area contributed by atoms with Crippen LogP contribution < -0.4 is 10.6 Å². The van der Waals surface area contributed by atoms with Crippen molar-refractivity contribution in [2.45, 2.75) is 38.3 Å². The first kappa shape index (κ1) is 14.5. The summed E-state index contributed by atoms with van der Waals surface area (Å²) in [4.78, 5) is 20.5. The zero-order valence-corrected chi connectivity index (χ0v) is 12.5. The summed E-state index contributed by atoms with van der Waals surface area (Å²) >= 11 is 0. The van der Waals surface area contributed by atoms with Crippen LogP contribution in [0.4, 0.5) is 5.95 Å². The lowest BCUT2D eigenvalue weighted by Crippen LogP contribution is -2.23. The van der Waals surface area contributed by atoms with Crippen molar-refractivity contribution < 1.29 is 4.79 Å². The van der Waals surface area contributed by atoms with E-state index in [0.29, 0.717) is 24.1 Å². The molecule has 0 atom stereocenters. The lowest BCUT2D eigenvalue weighted by Gasteiger charge is -2.11. The first-order chi connectivity index (χ1) is 10.8. The zero-order valence-electron chi connectivity index (χ0n) is 12.5. The molecule has 0 unspecified atom stereocenters. The standard InChI is InChI=1S/C17H20N4O/c22-16(18-10-13-6-2-1-3-7-13)14-11-19-17(20-12-14)21-15-8-4-5-9-15/h1-3,6-7,11-12,15H,4-5,8-10H2,(H,18,22)(H,19,20,21). The molecule has 1 aromatic heterocycles. The third kappa shape index (κ3) is 3.81. The molecule has 0 bridgehead atoms. The van der Waals surface area contributed by atoms with E-state index in [1.54, 1.807) is 12.4 Å². The van der Waals surface area contributed by atoms with E-state index < -0.39 is 0 Å². The van der Waals surface area contributed by atoms with Gasteiger partial charge < -0.3 is 10.6 Å². The summed E-state index contributed by atoms with van der Waals surface area (Å²) < 4.78 is 0. The third-order valence-corrected chi connectivity index (χ3v) is 3.90. The number of aromatic nitrogens is 2. The topological polar surface area (TPSA) is 66.9 Å². The van der Waals surface area contributed by atoms with Gasteiger partial charge in [-0.2, -0.15) is 0 Å². The molecular formula is C17H20N4O. The lowest BCUT2D eigenvalue weighted by molar-refractivity contribution is 0.0950. The van der Waals surface area contributed by atoms with Gasteiger partial charge in [0.25, 0.3) is 5.91 Å². The number of hydrogen-bond donors (Lipinski definition) is 2. The highest BCUT2D eigenvalue weighted by atomic mass is 16.1. The first-order valence-electron chi connectivity index (χ1n) is 7.72. The minimum atomic E-state index is -0.156. The average molecular weight is 296 g/mol. The Balaban J connectivity index is 1.54. The molecule has 0 saturated heterocycles. The average Bonchev–Trinajstić information content (AvgIpc) is 3.07. The fourth-order valence-corrected chi connectivity index (χ4v) is 2.65. The van der Waals surface area contributed by atoms with E-state index in [1.807, 2.05) is 30.3 Å². The Morgan fingerprint density at radius 2 is 1.77 bits per heavy atom. The zero-order chi connectivity index (χ0) is 15.2. The van der Waals surface area contributed by atoms with Crippen molar-refractivity contribution in [3.63, 3.8) is 0 Å². The highest BCUT2D eigenvalue weighted by molar-refractivity contribution is 5.93. The van der Waals surface area contributed by atoms with Crippen molar-refractivity contribution in [2.75, 3.05) is 5.32 Å². The van der Waals surface area contributed by atoms with Crippen molar-refractivity contribution in [1.29, 1.82) is 0 Å². The molecule has 0 spiro atoms.